The molecule has 0 unspecified atom stereocenters. The predicted molar refractivity (Wildman–Crippen MR) is 144 cm³/mol. The number of carbonyl (C=O) groups is 1. The monoisotopic (exact) mass is 511 g/mol. The molecule has 0 spiro atoms. The van der Waals surface area contributed by atoms with Gasteiger partial charge >= 0.3 is 6.03 Å². The number of anilines is 1. The third-order valence-electron chi connectivity index (χ3n) is 6.84. The van der Waals surface area contributed by atoms with Crippen molar-refractivity contribution < 1.29 is 14.3 Å². The Balaban J connectivity index is 1.70. The Kier molecular flexibility index (Phi) is 7.66. The number of amides is 2. The number of allylic oxidation sites excluding steroid dienone is 3. The summed E-state index contributed by atoms with van der Waals surface area (Å²) >= 11 is 6.54. The van der Waals surface area contributed by atoms with Crippen LogP contribution in [0.3, 0.4) is 0 Å². The molecule has 2 aromatic rings. The van der Waals surface area contributed by atoms with Crippen LogP contribution in [0, 0.1) is 5.82 Å². The molecule has 2 amide bonds. The number of phenols is 1. The molecule has 0 aliphatic carbocycles. The van der Waals surface area contributed by atoms with Gasteiger partial charge in [-0.1, -0.05) is 17.7 Å². The fourth-order valence-corrected chi connectivity index (χ4v) is 5.00. The molecule has 7 nitrogen and oxygen atoms in total. The highest BCUT2D eigenvalue weighted by Crippen LogP contribution is 2.40. The summed E-state index contributed by atoms with van der Waals surface area (Å²) in [7, 11) is 3.69. The molecule has 2 fully saturated rings. The standard InChI is InChI=1S/C27H31ClFN5O2/c1-17(33-8-7-21(16-33)31-3)11-19(15-30-2)23-14-20(29)13-22(26(23)35)18-5-6-25(24(28)12-18)34-10-9-32(4)27(34)36/h5-6,11-15,21,31,35H,2,7-10,16H2,1,3-4H3/b17-11+,19-15+/t21-/m0/s1. The molecule has 190 valence electrons. The molecule has 2 N–H and O–H groups in total. The lowest BCUT2D eigenvalue weighted by Crippen LogP contribution is -2.29. The molecule has 2 aliphatic heterocycles. The molecule has 2 aromatic carbocycles. The highest BCUT2D eigenvalue weighted by atomic mass is 35.5. The van der Waals surface area contributed by atoms with Crippen LogP contribution in [0.1, 0.15) is 18.9 Å². The second-order valence-corrected chi connectivity index (χ2v) is 9.55. The quantitative estimate of drug-likeness (QED) is 0.407. The largest absolute Gasteiger partial charge is 0.507 e. The Morgan fingerprint density at radius 1 is 1.28 bits per heavy atom. The second kappa shape index (κ2) is 10.7. The zero-order valence-electron chi connectivity index (χ0n) is 20.8. The third kappa shape index (κ3) is 5.10. The van der Waals surface area contributed by atoms with Crippen molar-refractivity contribution in [3.05, 3.63) is 64.7 Å². The zero-order valence-corrected chi connectivity index (χ0v) is 21.5. The van der Waals surface area contributed by atoms with E-state index in [1.807, 2.05) is 20.0 Å². The smallest absolute Gasteiger partial charge is 0.324 e. The SMILES string of the molecule is C=N/C=C(\C=C(/C)N1CC[C@H](NC)C1)c1cc(F)cc(-c2ccc(N3CCN(C)C3=O)c(Cl)c2)c1O. The first-order valence-electron chi connectivity index (χ1n) is 11.9. The number of aromatic hydroxyl groups is 1. The van der Waals surface area contributed by atoms with E-state index in [1.165, 1.54) is 18.3 Å². The van der Waals surface area contributed by atoms with Crippen LogP contribution >= 0.6 is 11.6 Å². The number of aliphatic imine (C=N–C) groups is 1. The van der Waals surface area contributed by atoms with Gasteiger partial charge in [-0.25, -0.2) is 9.18 Å². The van der Waals surface area contributed by atoms with Gasteiger partial charge in [0.15, 0.2) is 0 Å². The number of benzene rings is 2. The summed E-state index contributed by atoms with van der Waals surface area (Å²) in [5.74, 6) is -0.600. The van der Waals surface area contributed by atoms with Crippen LogP contribution in [0.15, 0.2) is 53.3 Å². The number of likely N-dealkylation sites (tertiary alicyclic amines) is 1. The molecule has 1 atom stereocenters. The first kappa shape index (κ1) is 25.7. The van der Waals surface area contributed by atoms with Gasteiger partial charge in [0, 0.05) is 67.9 Å². The van der Waals surface area contributed by atoms with Crippen molar-refractivity contribution in [2.75, 3.05) is 45.2 Å². The highest BCUT2D eigenvalue weighted by molar-refractivity contribution is 6.34. The topological polar surface area (TPSA) is 71.4 Å². The maximum atomic E-state index is 14.8. The molecule has 0 bridgehead atoms. The summed E-state index contributed by atoms with van der Waals surface area (Å²) < 4.78 is 14.8. The number of nitrogens with one attached hydrogen (secondary N) is 1. The number of urea groups is 1. The number of nitrogens with zero attached hydrogens (tertiary/aromatic N) is 4. The minimum atomic E-state index is -0.508. The van der Waals surface area contributed by atoms with Crippen LogP contribution < -0.4 is 10.2 Å². The lowest BCUT2D eigenvalue weighted by atomic mass is 9.96. The molecule has 0 aromatic heterocycles. The maximum absolute atomic E-state index is 14.8. The Hall–Kier alpha value is -3.36. The van der Waals surface area contributed by atoms with Crippen LogP contribution in [0.2, 0.25) is 5.02 Å². The third-order valence-corrected chi connectivity index (χ3v) is 7.14. The van der Waals surface area contributed by atoms with Crippen molar-refractivity contribution in [1.82, 2.24) is 15.1 Å². The molecular formula is C27H31ClFN5O2. The Labute approximate surface area is 216 Å². The maximum Gasteiger partial charge on any atom is 0.324 e. The van der Waals surface area contributed by atoms with Gasteiger partial charge in [-0.2, -0.15) is 0 Å². The molecule has 2 aliphatic rings. The van der Waals surface area contributed by atoms with Crippen molar-refractivity contribution in [2.45, 2.75) is 19.4 Å². The summed E-state index contributed by atoms with van der Waals surface area (Å²) in [4.78, 5) is 21.7. The van der Waals surface area contributed by atoms with Gasteiger partial charge < -0.3 is 20.2 Å². The normalized spacial score (nSPS) is 19.0. The van der Waals surface area contributed by atoms with Gasteiger partial charge in [-0.05, 0) is 63.0 Å². The summed E-state index contributed by atoms with van der Waals surface area (Å²) in [6.45, 7) is 8.46. The van der Waals surface area contributed by atoms with Gasteiger partial charge in [0.25, 0.3) is 0 Å². The molecule has 2 saturated heterocycles. The van der Waals surface area contributed by atoms with E-state index >= 15 is 0 Å². The van der Waals surface area contributed by atoms with Crippen LogP contribution in [0.25, 0.3) is 16.7 Å². The van der Waals surface area contributed by atoms with E-state index in [-0.39, 0.29) is 11.8 Å². The van der Waals surface area contributed by atoms with Crippen molar-refractivity contribution in [3.8, 4) is 16.9 Å². The molecule has 36 heavy (non-hydrogen) atoms. The van der Waals surface area contributed by atoms with Gasteiger partial charge in [0.1, 0.15) is 11.6 Å². The van der Waals surface area contributed by atoms with Gasteiger partial charge in [0.05, 0.1) is 10.7 Å². The number of carbonyl (C=O) groups excluding carboxylic acids is 1. The number of rotatable bonds is 7. The van der Waals surface area contributed by atoms with E-state index < -0.39 is 5.82 Å². The molecule has 9 heteroatoms. The highest BCUT2D eigenvalue weighted by Gasteiger charge is 2.28. The first-order chi connectivity index (χ1) is 17.2. The summed E-state index contributed by atoms with van der Waals surface area (Å²) in [6.07, 6.45) is 4.43. The molecule has 4 rings (SSSR count). The van der Waals surface area contributed by atoms with Gasteiger partial charge in [-0.15, -0.1) is 0 Å². The number of hydrogen-bond acceptors (Lipinski definition) is 5. The Bertz CT molecular complexity index is 1240. The lowest BCUT2D eigenvalue weighted by Gasteiger charge is -2.20. The molecule has 0 saturated carbocycles. The first-order valence-corrected chi connectivity index (χ1v) is 12.2. The predicted octanol–water partition coefficient (Wildman–Crippen LogP) is 4.96. The van der Waals surface area contributed by atoms with Gasteiger partial charge in [-0.3, -0.25) is 9.89 Å². The summed E-state index contributed by atoms with van der Waals surface area (Å²) in [5.41, 5.74) is 3.23. The minimum Gasteiger partial charge on any atom is -0.507 e. The zero-order chi connectivity index (χ0) is 26.0. The average Bonchev–Trinajstić information content (AvgIpc) is 3.47. The summed E-state index contributed by atoms with van der Waals surface area (Å²) in [5, 5.41) is 14.9. The van der Waals surface area contributed by atoms with Gasteiger partial charge in [0.2, 0.25) is 0 Å². The van der Waals surface area contributed by atoms with Crippen LogP contribution in [-0.4, -0.2) is 74.0 Å². The van der Waals surface area contributed by atoms with E-state index in [9.17, 15) is 14.3 Å². The van der Waals surface area contributed by atoms with Crippen molar-refractivity contribution >= 4 is 35.6 Å². The van der Waals surface area contributed by atoms with Crippen LogP contribution in [0.5, 0.6) is 5.75 Å². The Morgan fingerprint density at radius 3 is 2.67 bits per heavy atom. The second-order valence-electron chi connectivity index (χ2n) is 9.14. The van der Waals surface area contributed by atoms with E-state index in [2.05, 4.69) is 21.9 Å². The minimum absolute atomic E-state index is 0.0920. The fraction of sp³-hybridized carbons (Fsp3) is 0.333. The van der Waals surface area contributed by atoms with E-state index in [0.717, 1.165) is 25.2 Å². The van der Waals surface area contributed by atoms with E-state index in [1.54, 1.807) is 35.0 Å². The Morgan fingerprint density at radius 2 is 2.06 bits per heavy atom. The molecular weight excluding hydrogens is 481 g/mol. The van der Waals surface area contributed by atoms with Crippen molar-refractivity contribution in [2.24, 2.45) is 4.99 Å². The number of likely N-dealkylation sites (N-methyl/N-ethyl adjacent to an activating group) is 2. The number of hydrogen-bond donors (Lipinski definition) is 2. The number of halogens is 2. The molecule has 0 radical (unpaired) electrons. The van der Waals surface area contributed by atoms with Crippen LogP contribution in [-0.2, 0) is 0 Å². The van der Waals surface area contributed by atoms with Crippen molar-refractivity contribution in [3.63, 3.8) is 0 Å². The van der Waals surface area contributed by atoms with Crippen molar-refractivity contribution in [1.29, 1.82) is 0 Å². The average molecular weight is 512 g/mol. The molecule has 2 heterocycles. The van der Waals surface area contributed by atoms with E-state index in [0.29, 0.717) is 52.1 Å². The van der Waals surface area contributed by atoms with E-state index in [4.69, 9.17) is 11.6 Å². The summed E-state index contributed by atoms with van der Waals surface area (Å²) in [6, 6.07) is 7.92. The lowest BCUT2D eigenvalue weighted by molar-refractivity contribution is 0.229. The van der Waals surface area contributed by atoms with Crippen LogP contribution in [0.4, 0.5) is 14.9 Å². The fourth-order valence-electron chi connectivity index (χ4n) is 4.72. The number of phenolic OH excluding ortho intramolecular Hbond substituents is 1.